The summed E-state index contributed by atoms with van der Waals surface area (Å²) in [4.78, 5) is 36.4. The van der Waals surface area contributed by atoms with Crippen molar-refractivity contribution in [3.8, 4) is 11.1 Å². The molecule has 2 atom stereocenters. The van der Waals surface area contributed by atoms with Gasteiger partial charge < -0.3 is 20.5 Å². The van der Waals surface area contributed by atoms with Crippen molar-refractivity contribution in [3.63, 3.8) is 0 Å². The molecule has 2 amide bonds. The Morgan fingerprint density at radius 3 is 2.00 bits per heavy atom. The minimum Gasteiger partial charge on any atom is -0.479 e. The van der Waals surface area contributed by atoms with E-state index < -0.39 is 30.1 Å². The number of carbonyl (C=O) groups excluding carboxylic acids is 2. The van der Waals surface area contributed by atoms with Gasteiger partial charge in [0, 0.05) is 18.4 Å². The highest BCUT2D eigenvalue weighted by Gasteiger charge is 2.29. The van der Waals surface area contributed by atoms with Gasteiger partial charge in [-0.2, -0.15) is 0 Å². The third-order valence-corrected chi connectivity index (χ3v) is 5.88. The Labute approximate surface area is 197 Å². The number of alkyl carbamates (subject to hydrolysis) is 1. The second-order valence-electron chi connectivity index (χ2n) is 8.32. The lowest BCUT2D eigenvalue weighted by molar-refractivity contribution is -0.142. The van der Waals surface area contributed by atoms with Crippen molar-refractivity contribution in [2.75, 3.05) is 6.61 Å². The summed E-state index contributed by atoms with van der Waals surface area (Å²) in [5.41, 5.74) is 4.99. The van der Waals surface area contributed by atoms with Gasteiger partial charge in [0.15, 0.2) is 6.04 Å². The average molecular weight is 459 g/mol. The molecule has 0 radical (unpaired) electrons. The predicted octanol–water partition coefficient (Wildman–Crippen LogP) is 4.25. The van der Waals surface area contributed by atoms with E-state index in [1.807, 2.05) is 36.4 Å². The van der Waals surface area contributed by atoms with Crippen LogP contribution in [0.5, 0.6) is 0 Å². The number of carboxylic acids is 1. The maximum Gasteiger partial charge on any atom is 0.407 e. The quantitative estimate of drug-likeness (QED) is 0.468. The molecule has 1 unspecified atom stereocenters. The summed E-state index contributed by atoms with van der Waals surface area (Å²) in [6.45, 7) is 1.84. The molecule has 0 spiro atoms. The summed E-state index contributed by atoms with van der Waals surface area (Å²) < 4.78 is 5.50. The van der Waals surface area contributed by atoms with Crippen LogP contribution in [-0.2, 0) is 14.3 Å². The van der Waals surface area contributed by atoms with Crippen molar-refractivity contribution in [2.24, 2.45) is 0 Å². The van der Waals surface area contributed by atoms with E-state index in [4.69, 9.17) is 4.74 Å². The molecule has 7 nitrogen and oxygen atoms in total. The average Bonchev–Trinajstić information content (AvgIpc) is 3.15. The molecule has 0 aromatic heterocycles. The number of rotatable bonds is 8. The summed E-state index contributed by atoms with van der Waals surface area (Å²) >= 11 is 0. The first-order valence-electron chi connectivity index (χ1n) is 11.1. The Bertz CT molecular complexity index is 1150. The third-order valence-electron chi connectivity index (χ3n) is 5.88. The maximum absolute atomic E-state index is 12.4. The summed E-state index contributed by atoms with van der Waals surface area (Å²) in [7, 11) is 0. The van der Waals surface area contributed by atoms with Gasteiger partial charge in [-0.15, -0.1) is 0 Å². The second-order valence-corrected chi connectivity index (χ2v) is 8.32. The zero-order chi connectivity index (χ0) is 24.1. The molecule has 0 heterocycles. The molecule has 3 N–H and O–H groups in total. The number of ether oxygens (including phenoxy) is 1. The SMILES string of the molecule is C[C@@H](CC(=O)NC(C(=O)O)c1ccccc1)NC(=O)OCC1c2ccccc2-c2ccccc21. The van der Waals surface area contributed by atoms with Crippen molar-refractivity contribution < 1.29 is 24.2 Å². The molecule has 174 valence electrons. The molecular weight excluding hydrogens is 432 g/mol. The van der Waals surface area contributed by atoms with Gasteiger partial charge in [-0.05, 0) is 34.7 Å². The van der Waals surface area contributed by atoms with Crippen LogP contribution in [0.25, 0.3) is 11.1 Å². The van der Waals surface area contributed by atoms with Crippen LogP contribution >= 0.6 is 0 Å². The molecule has 0 bridgehead atoms. The standard InChI is InChI=1S/C27H26N2O5/c1-17(15-24(30)29-25(26(31)32)18-9-3-2-4-10-18)28-27(33)34-16-23-21-13-7-5-11-19(21)20-12-6-8-14-22(20)23/h2-14,17,23,25H,15-16H2,1H3,(H,28,33)(H,29,30)(H,31,32)/t17-,25?/m0/s1. The Balaban J connectivity index is 1.31. The van der Waals surface area contributed by atoms with E-state index in [9.17, 15) is 19.5 Å². The fraction of sp³-hybridized carbons (Fsp3) is 0.222. The maximum atomic E-state index is 12.4. The van der Waals surface area contributed by atoms with Crippen LogP contribution in [0.15, 0.2) is 78.9 Å². The van der Waals surface area contributed by atoms with Crippen LogP contribution in [0.1, 0.15) is 42.0 Å². The number of carboxylic acid groups (broad SMARTS) is 1. The van der Waals surface area contributed by atoms with Crippen molar-refractivity contribution in [1.29, 1.82) is 0 Å². The number of hydrogen-bond acceptors (Lipinski definition) is 4. The largest absolute Gasteiger partial charge is 0.479 e. The van der Waals surface area contributed by atoms with Crippen LogP contribution in [0.3, 0.4) is 0 Å². The molecule has 0 fully saturated rings. The number of benzene rings is 3. The highest BCUT2D eigenvalue weighted by atomic mass is 16.5. The first kappa shape index (κ1) is 23.0. The smallest absolute Gasteiger partial charge is 0.407 e. The molecule has 3 aromatic carbocycles. The van der Waals surface area contributed by atoms with Crippen molar-refractivity contribution in [2.45, 2.75) is 31.3 Å². The molecule has 0 aliphatic heterocycles. The summed E-state index contributed by atoms with van der Waals surface area (Å²) in [5, 5.41) is 14.6. The first-order chi connectivity index (χ1) is 16.4. The predicted molar refractivity (Wildman–Crippen MR) is 127 cm³/mol. The lowest BCUT2D eigenvalue weighted by Crippen LogP contribution is -2.40. The monoisotopic (exact) mass is 458 g/mol. The van der Waals surface area contributed by atoms with E-state index in [2.05, 4.69) is 22.8 Å². The van der Waals surface area contributed by atoms with Crippen molar-refractivity contribution >= 4 is 18.0 Å². The number of hydrogen-bond donors (Lipinski definition) is 3. The highest BCUT2D eigenvalue weighted by Crippen LogP contribution is 2.44. The van der Waals surface area contributed by atoms with Gasteiger partial charge in [-0.1, -0.05) is 78.9 Å². The Kier molecular flexibility index (Phi) is 6.92. The normalized spacial score (nSPS) is 13.8. The first-order valence-corrected chi connectivity index (χ1v) is 11.1. The Morgan fingerprint density at radius 2 is 1.41 bits per heavy atom. The van der Waals surface area contributed by atoms with E-state index in [1.165, 1.54) is 0 Å². The van der Waals surface area contributed by atoms with Crippen molar-refractivity contribution in [3.05, 3.63) is 95.6 Å². The molecule has 3 aromatic rings. The molecule has 0 saturated carbocycles. The van der Waals surface area contributed by atoms with E-state index in [-0.39, 0.29) is 18.9 Å². The molecule has 34 heavy (non-hydrogen) atoms. The number of nitrogens with one attached hydrogen (secondary N) is 2. The van der Waals surface area contributed by atoms with Crippen LogP contribution in [0.4, 0.5) is 4.79 Å². The number of amides is 2. The minimum absolute atomic E-state index is 0.0565. The molecule has 1 aliphatic rings. The zero-order valence-corrected chi connectivity index (χ0v) is 18.7. The van der Waals surface area contributed by atoms with Crippen LogP contribution in [-0.4, -0.2) is 35.7 Å². The third kappa shape index (κ3) is 5.09. The van der Waals surface area contributed by atoms with Gasteiger partial charge in [0.2, 0.25) is 5.91 Å². The lowest BCUT2D eigenvalue weighted by atomic mass is 9.98. The van der Waals surface area contributed by atoms with Crippen molar-refractivity contribution in [1.82, 2.24) is 10.6 Å². The van der Waals surface area contributed by atoms with E-state index in [1.54, 1.807) is 37.3 Å². The van der Waals surface area contributed by atoms with E-state index in [0.29, 0.717) is 5.56 Å². The van der Waals surface area contributed by atoms with Gasteiger partial charge in [0.25, 0.3) is 0 Å². The van der Waals surface area contributed by atoms with Crippen LogP contribution in [0, 0.1) is 0 Å². The summed E-state index contributed by atoms with van der Waals surface area (Å²) in [6.07, 6.45) is -0.708. The molecule has 1 aliphatic carbocycles. The number of aliphatic carboxylic acids is 1. The van der Waals surface area contributed by atoms with E-state index >= 15 is 0 Å². The number of carbonyl (C=O) groups is 3. The number of fused-ring (bicyclic) bond motifs is 3. The summed E-state index contributed by atoms with van der Waals surface area (Å²) in [6, 6.07) is 22.9. The Hall–Kier alpha value is -4.13. The zero-order valence-electron chi connectivity index (χ0n) is 18.7. The van der Waals surface area contributed by atoms with Gasteiger partial charge in [-0.25, -0.2) is 9.59 Å². The van der Waals surface area contributed by atoms with Gasteiger partial charge in [0.05, 0.1) is 0 Å². The van der Waals surface area contributed by atoms with Gasteiger partial charge >= 0.3 is 12.1 Å². The van der Waals surface area contributed by atoms with Gasteiger partial charge in [-0.3, -0.25) is 4.79 Å². The minimum atomic E-state index is -1.16. The fourth-order valence-electron chi connectivity index (χ4n) is 4.32. The second kappa shape index (κ2) is 10.2. The Morgan fingerprint density at radius 1 is 0.853 bits per heavy atom. The van der Waals surface area contributed by atoms with Crippen LogP contribution in [0.2, 0.25) is 0 Å². The fourth-order valence-corrected chi connectivity index (χ4v) is 4.32. The lowest BCUT2D eigenvalue weighted by Gasteiger charge is -2.19. The topological polar surface area (TPSA) is 105 Å². The van der Waals surface area contributed by atoms with Gasteiger partial charge in [0.1, 0.15) is 6.61 Å². The summed E-state index contributed by atoms with van der Waals surface area (Å²) in [5.74, 6) is -1.70. The molecule has 0 saturated heterocycles. The molecule has 4 rings (SSSR count). The highest BCUT2D eigenvalue weighted by molar-refractivity contribution is 5.85. The van der Waals surface area contributed by atoms with Crippen LogP contribution < -0.4 is 10.6 Å². The molecular formula is C27H26N2O5. The molecule has 7 heteroatoms. The van der Waals surface area contributed by atoms with E-state index in [0.717, 1.165) is 22.3 Å².